The van der Waals surface area contributed by atoms with Gasteiger partial charge in [-0.3, -0.25) is 4.68 Å². The molecule has 0 saturated carbocycles. The number of rotatable bonds is 7. The third kappa shape index (κ3) is 3.42. The molecule has 0 saturated heterocycles. The van der Waals surface area contributed by atoms with Crippen molar-refractivity contribution in [2.75, 3.05) is 13.7 Å². The Labute approximate surface area is 135 Å². The number of thiophene rings is 1. The number of nitrogens with one attached hydrogen (secondary N) is 1. The quantitative estimate of drug-likeness (QED) is 0.825. The molecule has 4 nitrogen and oxygen atoms in total. The first kappa shape index (κ1) is 16.3. The van der Waals surface area contributed by atoms with E-state index in [1.54, 1.807) is 24.6 Å². The highest BCUT2D eigenvalue weighted by atomic mass is 35.5. The van der Waals surface area contributed by atoms with E-state index >= 15 is 0 Å². The summed E-state index contributed by atoms with van der Waals surface area (Å²) in [5.41, 5.74) is 1.00. The molecule has 0 bridgehead atoms. The Kier molecular flexibility index (Phi) is 5.67. The Morgan fingerprint density at radius 1 is 1.48 bits per heavy atom. The fourth-order valence-corrected chi connectivity index (χ4v) is 3.50. The van der Waals surface area contributed by atoms with Gasteiger partial charge in [0.25, 0.3) is 0 Å². The van der Waals surface area contributed by atoms with E-state index < -0.39 is 0 Å². The minimum absolute atomic E-state index is 0.00250. The third-order valence-electron chi connectivity index (χ3n) is 3.29. The normalized spacial score (nSPS) is 12.9. The Balaban J connectivity index is 2.48. The molecule has 2 aromatic heterocycles. The number of hydrogen-bond acceptors (Lipinski definition) is 4. The predicted octanol–water partition coefficient (Wildman–Crippen LogP) is 4.28. The SMILES string of the molecule is CCCNC(c1sccc1OC)c1c(Cl)cnn1C(C)C. The van der Waals surface area contributed by atoms with Crippen molar-refractivity contribution < 1.29 is 4.74 Å². The molecule has 116 valence electrons. The lowest BCUT2D eigenvalue weighted by atomic mass is 10.1. The van der Waals surface area contributed by atoms with Crippen molar-refractivity contribution in [2.45, 2.75) is 39.3 Å². The topological polar surface area (TPSA) is 39.1 Å². The summed E-state index contributed by atoms with van der Waals surface area (Å²) >= 11 is 8.09. The number of halogens is 1. The first-order valence-corrected chi connectivity index (χ1v) is 8.43. The maximum atomic E-state index is 6.42. The van der Waals surface area contributed by atoms with Gasteiger partial charge in [0.05, 0.1) is 34.9 Å². The van der Waals surface area contributed by atoms with Crippen LogP contribution in [0.1, 0.15) is 49.8 Å². The summed E-state index contributed by atoms with van der Waals surface area (Å²) in [6.07, 6.45) is 2.77. The molecule has 0 aliphatic heterocycles. The smallest absolute Gasteiger partial charge is 0.134 e. The van der Waals surface area contributed by atoms with E-state index in [2.05, 4.69) is 31.2 Å². The molecule has 0 amide bonds. The lowest BCUT2D eigenvalue weighted by molar-refractivity contribution is 0.403. The van der Waals surface area contributed by atoms with Crippen molar-refractivity contribution >= 4 is 22.9 Å². The summed E-state index contributed by atoms with van der Waals surface area (Å²) in [6, 6.07) is 2.24. The van der Waals surface area contributed by atoms with Crippen LogP contribution in [0.3, 0.4) is 0 Å². The van der Waals surface area contributed by atoms with Gasteiger partial charge in [-0.05, 0) is 38.3 Å². The molecule has 2 heterocycles. The van der Waals surface area contributed by atoms with E-state index in [-0.39, 0.29) is 12.1 Å². The molecule has 6 heteroatoms. The number of hydrogen-bond donors (Lipinski definition) is 1. The predicted molar refractivity (Wildman–Crippen MR) is 88.6 cm³/mol. The van der Waals surface area contributed by atoms with Crippen molar-refractivity contribution in [1.82, 2.24) is 15.1 Å². The molecular weight excluding hydrogens is 306 g/mol. The second-order valence-corrected chi connectivity index (χ2v) is 6.51. The fraction of sp³-hybridized carbons (Fsp3) is 0.533. The molecule has 1 unspecified atom stereocenters. The van der Waals surface area contributed by atoms with Crippen LogP contribution >= 0.6 is 22.9 Å². The summed E-state index contributed by atoms with van der Waals surface area (Å²) in [4.78, 5) is 1.13. The van der Waals surface area contributed by atoms with Gasteiger partial charge in [-0.15, -0.1) is 11.3 Å². The monoisotopic (exact) mass is 327 g/mol. The number of aromatic nitrogens is 2. The van der Waals surface area contributed by atoms with Crippen molar-refractivity contribution in [2.24, 2.45) is 0 Å². The molecule has 0 aromatic carbocycles. The Hall–Kier alpha value is -1.04. The zero-order valence-electron chi connectivity index (χ0n) is 12.9. The van der Waals surface area contributed by atoms with Crippen LogP contribution in [-0.4, -0.2) is 23.4 Å². The van der Waals surface area contributed by atoms with E-state index in [0.717, 1.165) is 29.3 Å². The Morgan fingerprint density at radius 3 is 2.86 bits per heavy atom. The number of ether oxygens (including phenoxy) is 1. The van der Waals surface area contributed by atoms with Crippen LogP contribution < -0.4 is 10.1 Å². The highest BCUT2D eigenvalue weighted by Gasteiger charge is 2.26. The van der Waals surface area contributed by atoms with E-state index in [9.17, 15) is 0 Å². The van der Waals surface area contributed by atoms with Crippen LogP contribution in [-0.2, 0) is 0 Å². The van der Waals surface area contributed by atoms with Gasteiger partial charge in [0, 0.05) is 6.04 Å². The Bertz CT molecular complexity index is 579. The van der Waals surface area contributed by atoms with Crippen LogP contribution in [0.2, 0.25) is 5.02 Å². The third-order valence-corrected chi connectivity index (χ3v) is 4.54. The average Bonchev–Trinajstić information content (AvgIpc) is 3.07. The molecule has 0 aliphatic carbocycles. The minimum Gasteiger partial charge on any atom is -0.496 e. The maximum Gasteiger partial charge on any atom is 0.134 e. The molecular formula is C15H22ClN3OS. The van der Waals surface area contributed by atoms with Gasteiger partial charge in [-0.25, -0.2) is 0 Å². The summed E-state index contributed by atoms with van der Waals surface area (Å²) in [5.74, 6) is 0.890. The average molecular weight is 328 g/mol. The zero-order chi connectivity index (χ0) is 15.4. The standard InChI is InChI=1S/C15H22ClN3OS/c1-5-7-17-13(15-12(20-4)6-8-21-15)14-11(16)9-18-19(14)10(2)3/h6,8-10,13,17H,5,7H2,1-4H3. The zero-order valence-corrected chi connectivity index (χ0v) is 14.5. The van der Waals surface area contributed by atoms with Crippen LogP contribution in [0, 0.1) is 0 Å². The van der Waals surface area contributed by atoms with Gasteiger partial charge < -0.3 is 10.1 Å². The molecule has 2 rings (SSSR count). The first-order chi connectivity index (χ1) is 10.1. The van der Waals surface area contributed by atoms with Crippen LogP contribution in [0.25, 0.3) is 0 Å². The summed E-state index contributed by atoms with van der Waals surface area (Å²) < 4.78 is 7.46. The summed E-state index contributed by atoms with van der Waals surface area (Å²) in [5, 5.41) is 10.7. The van der Waals surface area contributed by atoms with E-state index in [0.29, 0.717) is 5.02 Å². The largest absolute Gasteiger partial charge is 0.496 e. The van der Waals surface area contributed by atoms with Crippen molar-refractivity contribution in [3.63, 3.8) is 0 Å². The van der Waals surface area contributed by atoms with Crippen molar-refractivity contribution in [3.05, 3.63) is 33.2 Å². The molecule has 1 atom stereocenters. The lowest BCUT2D eigenvalue weighted by Gasteiger charge is -2.22. The van der Waals surface area contributed by atoms with Gasteiger partial charge in [-0.1, -0.05) is 18.5 Å². The van der Waals surface area contributed by atoms with Crippen LogP contribution in [0.15, 0.2) is 17.6 Å². The molecule has 2 aromatic rings. The van der Waals surface area contributed by atoms with E-state index in [1.165, 1.54) is 0 Å². The molecule has 0 radical (unpaired) electrons. The van der Waals surface area contributed by atoms with Gasteiger partial charge in [0.2, 0.25) is 0 Å². The van der Waals surface area contributed by atoms with Crippen molar-refractivity contribution in [3.8, 4) is 5.75 Å². The first-order valence-electron chi connectivity index (χ1n) is 7.17. The Morgan fingerprint density at radius 2 is 2.24 bits per heavy atom. The van der Waals surface area contributed by atoms with Gasteiger partial charge in [0.1, 0.15) is 5.75 Å². The minimum atomic E-state index is -0.00250. The second-order valence-electron chi connectivity index (χ2n) is 5.16. The maximum absolute atomic E-state index is 6.42. The molecule has 21 heavy (non-hydrogen) atoms. The summed E-state index contributed by atoms with van der Waals surface area (Å²) in [6.45, 7) is 7.27. The van der Waals surface area contributed by atoms with Crippen LogP contribution in [0.4, 0.5) is 0 Å². The molecule has 0 spiro atoms. The second kappa shape index (κ2) is 7.29. The fourth-order valence-electron chi connectivity index (χ4n) is 2.32. The molecule has 0 fully saturated rings. The van der Waals surface area contributed by atoms with Gasteiger partial charge in [0.15, 0.2) is 0 Å². The van der Waals surface area contributed by atoms with Gasteiger partial charge in [-0.2, -0.15) is 5.10 Å². The lowest BCUT2D eigenvalue weighted by Crippen LogP contribution is -2.26. The van der Waals surface area contributed by atoms with Gasteiger partial charge >= 0.3 is 0 Å². The number of methoxy groups -OCH3 is 1. The molecule has 0 aliphatic rings. The summed E-state index contributed by atoms with van der Waals surface area (Å²) in [7, 11) is 1.70. The highest BCUT2D eigenvalue weighted by molar-refractivity contribution is 7.10. The molecule has 1 N–H and O–H groups in total. The van der Waals surface area contributed by atoms with Crippen molar-refractivity contribution in [1.29, 1.82) is 0 Å². The van der Waals surface area contributed by atoms with E-state index in [4.69, 9.17) is 16.3 Å². The van der Waals surface area contributed by atoms with E-state index in [1.807, 2.05) is 16.1 Å². The van der Waals surface area contributed by atoms with Crippen LogP contribution in [0.5, 0.6) is 5.75 Å². The highest BCUT2D eigenvalue weighted by Crippen LogP contribution is 2.38. The number of nitrogens with zero attached hydrogens (tertiary/aromatic N) is 2.